The predicted molar refractivity (Wildman–Crippen MR) is 115 cm³/mol. The first-order chi connectivity index (χ1) is 14.3. The summed E-state index contributed by atoms with van der Waals surface area (Å²) in [5.74, 6) is -1.46. The van der Waals surface area contributed by atoms with E-state index in [0.717, 1.165) is 16.9 Å². The summed E-state index contributed by atoms with van der Waals surface area (Å²) in [6.07, 6.45) is -1.23. The first-order valence-corrected chi connectivity index (χ1v) is 10.4. The Labute approximate surface area is 183 Å². The van der Waals surface area contributed by atoms with Gasteiger partial charge in [-0.1, -0.05) is 23.7 Å². The van der Waals surface area contributed by atoms with Crippen LogP contribution in [0.25, 0.3) is 10.4 Å². The fourth-order valence-corrected chi connectivity index (χ4v) is 4.29. The summed E-state index contributed by atoms with van der Waals surface area (Å²) in [6.45, 7) is 1.64. The molecule has 2 amide bonds. The van der Waals surface area contributed by atoms with Crippen LogP contribution in [0.4, 0.5) is 4.79 Å². The minimum absolute atomic E-state index is 0.0442. The van der Waals surface area contributed by atoms with Crippen LogP contribution < -0.4 is 11.2 Å². The summed E-state index contributed by atoms with van der Waals surface area (Å²) < 4.78 is 4.26. The van der Waals surface area contributed by atoms with Crippen molar-refractivity contribution in [2.24, 2.45) is 10.8 Å². The minimum Gasteiger partial charge on any atom is -0.506 e. The number of aromatic hydroxyl groups is 1. The third-order valence-corrected chi connectivity index (χ3v) is 6.14. The second kappa shape index (κ2) is 9.08. The van der Waals surface area contributed by atoms with E-state index in [9.17, 15) is 19.5 Å². The molecular formula is C19H14ClN3O5S2. The Balaban J connectivity index is 1.72. The molecule has 2 heterocycles. The highest BCUT2D eigenvalue weighted by atomic mass is 35.5. The highest BCUT2D eigenvalue weighted by Crippen LogP contribution is 2.39. The largest absolute Gasteiger partial charge is 0.506 e. The Kier molecular flexibility index (Phi) is 6.50. The molecule has 0 atom stereocenters. The van der Waals surface area contributed by atoms with Crippen LogP contribution in [0.5, 0.6) is 5.75 Å². The number of amides is 2. The lowest BCUT2D eigenvalue weighted by molar-refractivity contribution is 0.0643. The summed E-state index contributed by atoms with van der Waals surface area (Å²) in [5.41, 5.74) is 8.83. The topological polar surface area (TPSA) is 131 Å². The molecule has 0 unspecified atom stereocenters. The van der Waals surface area contributed by atoms with Gasteiger partial charge in [-0.05, 0) is 36.8 Å². The first-order valence-electron chi connectivity index (χ1n) is 8.29. The monoisotopic (exact) mass is 463 g/mol. The molecule has 30 heavy (non-hydrogen) atoms. The number of carbonyl (C=O) groups is 3. The van der Waals surface area contributed by atoms with E-state index in [1.54, 1.807) is 36.6 Å². The van der Waals surface area contributed by atoms with Gasteiger partial charge in [0.25, 0.3) is 5.91 Å². The lowest BCUT2D eigenvalue weighted by Crippen LogP contribution is -2.18. The van der Waals surface area contributed by atoms with Gasteiger partial charge in [0.05, 0.1) is 21.0 Å². The molecule has 11 heteroatoms. The average Bonchev–Trinajstić information content (AvgIpc) is 3.33. The molecule has 3 rings (SSSR count). The van der Waals surface area contributed by atoms with Crippen LogP contribution in [-0.2, 0) is 4.74 Å². The van der Waals surface area contributed by atoms with Gasteiger partial charge in [0.15, 0.2) is 0 Å². The number of benzene rings is 1. The Bertz CT molecular complexity index is 1150. The minimum atomic E-state index is -1.23. The quantitative estimate of drug-likeness (QED) is 0.225. The standard InChI is InChI=1S/C19H14ClN3O5S2/c1-9(12-8-29-16(15(12)24)10-2-4-11(20)5-3-10)22-23-17(25)13-6-7-14(30-13)18(26)28-19(21)27/h2-8,24H,1H3,(H2,21,27)(H,23,25). The highest BCUT2D eigenvalue weighted by molar-refractivity contribution is 7.16. The van der Waals surface area contributed by atoms with E-state index in [1.807, 2.05) is 0 Å². The van der Waals surface area contributed by atoms with E-state index < -0.39 is 18.0 Å². The van der Waals surface area contributed by atoms with E-state index in [-0.39, 0.29) is 15.5 Å². The number of nitrogens with two attached hydrogens (primary N) is 1. The third kappa shape index (κ3) is 4.85. The number of thiophene rings is 2. The molecule has 4 N–H and O–H groups in total. The molecule has 0 radical (unpaired) electrons. The maximum atomic E-state index is 12.3. The van der Waals surface area contributed by atoms with Crippen molar-refractivity contribution in [3.05, 3.63) is 62.1 Å². The van der Waals surface area contributed by atoms with Crippen molar-refractivity contribution >= 4 is 58.0 Å². The summed E-state index contributed by atoms with van der Waals surface area (Å²) in [4.78, 5) is 35.4. The normalized spacial score (nSPS) is 11.2. The maximum absolute atomic E-state index is 12.3. The van der Waals surface area contributed by atoms with Crippen molar-refractivity contribution in [1.29, 1.82) is 0 Å². The van der Waals surface area contributed by atoms with Gasteiger partial charge in [-0.2, -0.15) is 5.10 Å². The molecule has 0 saturated carbocycles. The number of nitrogens with one attached hydrogen (secondary N) is 1. The molecule has 0 saturated heterocycles. The van der Waals surface area contributed by atoms with Gasteiger partial charge in [0.2, 0.25) is 0 Å². The fraction of sp³-hybridized carbons (Fsp3) is 0.0526. The molecule has 0 aliphatic rings. The molecule has 0 bridgehead atoms. The number of hydrogen-bond donors (Lipinski definition) is 3. The second-order valence-corrected chi connectivity index (χ2v) is 8.24. The van der Waals surface area contributed by atoms with Crippen molar-refractivity contribution in [3.8, 4) is 16.2 Å². The van der Waals surface area contributed by atoms with Crippen molar-refractivity contribution in [3.63, 3.8) is 0 Å². The van der Waals surface area contributed by atoms with Gasteiger partial charge in [-0.15, -0.1) is 22.7 Å². The molecule has 154 valence electrons. The number of nitrogens with zero attached hydrogens (tertiary/aromatic N) is 1. The molecule has 0 fully saturated rings. The lowest BCUT2D eigenvalue weighted by Gasteiger charge is -2.03. The van der Waals surface area contributed by atoms with Crippen LogP contribution in [0.1, 0.15) is 31.8 Å². The number of hydrazone groups is 1. The van der Waals surface area contributed by atoms with Gasteiger partial charge in [0.1, 0.15) is 10.6 Å². The summed E-state index contributed by atoms with van der Waals surface area (Å²) in [5, 5.41) is 16.9. The Hall–Kier alpha value is -3.21. The van der Waals surface area contributed by atoms with E-state index >= 15 is 0 Å². The first kappa shape index (κ1) is 21.5. The number of halogens is 1. The Morgan fingerprint density at radius 1 is 1.13 bits per heavy atom. The zero-order valence-corrected chi connectivity index (χ0v) is 17.7. The molecule has 8 nitrogen and oxygen atoms in total. The summed E-state index contributed by atoms with van der Waals surface area (Å²) in [7, 11) is 0. The summed E-state index contributed by atoms with van der Waals surface area (Å²) in [6, 6.07) is 9.78. The molecule has 0 aliphatic heterocycles. The number of ether oxygens (including phenoxy) is 1. The van der Waals surface area contributed by atoms with Crippen molar-refractivity contribution in [2.45, 2.75) is 6.92 Å². The average molecular weight is 464 g/mol. The van der Waals surface area contributed by atoms with Crippen LogP contribution >= 0.6 is 34.3 Å². The Morgan fingerprint density at radius 3 is 2.47 bits per heavy atom. The van der Waals surface area contributed by atoms with Crippen molar-refractivity contribution in [1.82, 2.24) is 5.43 Å². The van der Waals surface area contributed by atoms with E-state index in [2.05, 4.69) is 15.3 Å². The van der Waals surface area contributed by atoms with Crippen molar-refractivity contribution < 1.29 is 24.2 Å². The van der Waals surface area contributed by atoms with E-state index in [0.29, 0.717) is 21.2 Å². The van der Waals surface area contributed by atoms with Crippen molar-refractivity contribution in [2.75, 3.05) is 0 Å². The van der Waals surface area contributed by atoms with Gasteiger partial charge >= 0.3 is 12.1 Å². The predicted octanol–water partition coefficient (Wildman–Crippen LogP) is 4.23. The molecule has 3 aromatic rings. The number of hydrogen-bond acceptors (Lipinski definition) is 8. The SMILES string of the molecule is CC(=NNC(=O)c1ccc(C(=O)OC(N)=O)s1)c1csc(-c2ccc(Cl)cc2)c1O. The van der Waals surface area contributed by atoms with Crippen LogP contribution in [0.3, 0.4) is 0 Å². The van der Waals surface area contributed by atoms with Crippen LogP contribution in [-0.4, -0.2) is 28.8 Å². The summed E-state index contributed by atoms with van der Waals surface area (Å²) >= 11 is 8.05. The van der Waals surface area contributed by atoms with Gasteiger partial charge in [0, 0.05) is 10.4 Å². The van der Waals surface area contributed by atoms with Gasteiger partial charge < -0.3 is 15.6 Å². The molecule has 0 aliphatic carbocycles. The number of primary amides is 1. The number of rotatable bonds is 5. The molecule has 2 aromatic heterocycles. The molecular weight excluding hydrogens is 450 g/mol. The maximum Gasteiger partial charge on any atom is 0.412 e. The van der Waals surface area contributed by atoms with E-state index in [4.69, 9.17) is 17.3 Å². The number of carbonyl (C=O) groups excluding carboxylic acids is 3. The fourth-order valence-electron chi connectivity index (χ4n) is 2.38. The molecule has 0 spiro atoms. The zero-order valence-electron chi connectivity index (χ0n) is 15.3. The zero-order chi connectivity index (χ0) is 21.8. The highest BCUT2D eigenvalue weighted by Gasteiger charge is 2.18. The molecule has 1 aromatic carbocycles. The van der Waals surface area contributed by atoms with E-state index in [1.165, 1.54) is 23.5 Å². The Morgan fingerprint density at radius 2 is 1.80 bits per heavy atom. The van der Waals surface area contributed by atoms with Gasteiger partial charge in [-0.3, -0.25) is 4.79 Å². The third-order valence-electron chi connectivity index (χ3n) is 3.81. The smallest absolute Gasteiger partial charge is 0.412 e. The van der Waals surface area contributed by atoms with Gasteiger partial charge in [-0.25, -0.2) is 15.0 Å². The number of esters is 1. The van der Waals surface area contributed by atoms with Crippen LogP contribution in [0, 0.1) is 0 Å². The lowest BCUT2D eigenvalue weighted by atomic mass is 10.1. The van der Waals surface area contributed by atoms with Crippen LogP contribution in [0.15, 0.2) is 46.9 Å². The van der Waals surface area contributed by atoms with Crippen LogP contribution in [0.2, 0.25) is 5.02 Å². The second-order valence-electron chi connectivity index (χ2n) is 5.84.